The average molecular weight is 411 g/mol. The summed E-state index contributed by atoms with van der Waals surface area (Å²) in [5.74, 6) is 3.72. The van der Waals surface area contributed by atoms with Crippen LogP contribution in [-0.4, -0.2) is 0 Å². The first-order valence-electron chi connectivity index (χ1n) is 13.9. The van der Waals surface area contributed by atoms with Crippen molar-refractivity contribution in [3.63, 3.8) is 0 Å². The van der Waals surface area contributed by atoms with Crippen molar-refractivity contribution in [1.82, 2.24) is 0 Å². The lowest BCUT2D eigenvalue weighted by atomic mass is 9.75. The van der Waals surface area contributed by atoms with Gasteiger partial charge in [-0.1, -0.05) is 102 Å². The molecule has 0 heteroatoms. The molecule has 0 heterocycles. The van der Waals surface area contributed by atoms with Gasteiger partial charge in [0.25, 0.3) is 0 Å². The first kappa shape index (κ1) is 23.9. The minimum Gasteiger partial charge on any atom is -0.0654 e. The van der Waals surface area contributed by atoms with E-state index in [0.717, 1.165) is 23.7 Å². The van der Waals surface area contributed by atoms with E-state index in [9.17, 15) is 0 Å². The topological polar surface area (TPSA) is 0 Å². The molecule has 0 amide bonds. The van der Waals surface area contributed by atoms with Crippen LogP contribution in [0.1, 0.15) is 152 Å². The monoisotopic (exact) mass is 410 g/mol. The zero-order chi connectivity index (χ0) is 21.0. The molecule has 3 rings (SSSR count). The Balaban J connectivity index is 1.35. The van der Waals surface area contributed by atoms with Crippen molar-refractivity contribution >= 4 is 0 Å². The summed E-state index contributed by atoms with van der Waals surface area (Å²) in [6, 6.07) is 9.98. The van der Waals surface area contributed by atoms with E-state index in [2.05, 4.69) is 38.1 Å². The normalized spacial score (nSPS) is 27.3. The van der Waals surface area contributed by atoms with Gasteiger partial charge in [-0.25, -0.2) is 0 Å². The first-order valence-corrected chi connectivity index (χ1v) is 13.9. The van der Waals surface area contributed by atoms with Crippen LogP contribution in [0, 0.1) is 11.8 Å². The van der Waals surface area contributed by atoms with Gasteiger partial charge >= 0.3 is 0 Å². The van der Waals surface area contributed by atoms with Crippen molar-refractivity contribution in [3.05, 3.63) is 35.4 Å². The van der Waals surface area contributed by atoms with Crippen LogP contribution in [0.2, 0.25) is 0 Å². The molecule has 0 unspecified atom stereocenters. The van der Waals surface area contributed by atoms with Crippen molar-refractivity contribution in [3.8, 4) is 0 Å². The van der Waals surface area contributed by atoms with Gasteiger partial charge in [0.1, 0.15) is 0 Å². The third-order valence-corrected chi connectivity index (χ3v) is 8.50. The molecule has 1 aromatic rings. The molecule has 170 valence electrons. The lowest BCUT2D eigenvalue weighted by Crippen LogP contribution is -2.14. The predicted octanol–water partition coefficient (Wildman–Crippen LogP) is 10.2. The number of benzene rings is 1. The summed E-state index contributed by atoms with van der Waals surface area (Å²) < 4.78 is 0. The summed E-state index contributed by atoms with van der Waals surface area (Å²) in [6.45, 7) is 4.64. The fourth-order valence-corrected chi connectivity index (χ4v) is 6.32. The van der Waals surface area contributed by atoms with Crippen LogP contribution in [0.3, 0.4) is 0 Å². The largest absolute Gasteiger partial charge is 0.0654 e. The van der Waals surface area contributed by atoms with E-state index in [0.29, 0.717) is 0 Å². The average Bonchev–Trinajstić information content (AvgIpc) is 2.81. The van der Waals surface area contributed by atoms with Crippen LogP contribution in [0.5, 0.6) is 0 Å². The van der Waals surface area contributed by atoms with Gasteiger partial charge in [0.2, 0.25) is 0 Å². The second-order valence-electron chi connectivity index (χ2n) is 10.8. The third-order valence-electron chi connectivity index (χ3n) is 8.50. The lowest BCUT2D eigenvalue weighted by molar-refractivity contribution is 0.301. The molecule has 0 aromatic heterocycles. The van der Waals surface area contributed by atoms with Gasteiger partial charge < -0.3 is 0 Å². The van der Waals surface area contributed by atoms with E-state index in [1.165, 1.54) is 116 Å². The van der Waals surface area contributed by atoms with E-state index in [1.807, 2.05) is 0 Å². The van der Waals surface area contributed by atoms with Crippen LogP contribution in [0.15, 0.2) is 24.3 Å². The van der Waals surface area contributed by atoms with Gasteiger partial charge in [-0.15, -0.1) is 0 Å². The molecule has 0 radical (unpaired) electrons. The van der Waals surface area contributed by atoms with Crippen LogP contribution < -0.4 is 0 Å². The molecule has 2 saturated carbocycles. The van der Waals surface area contributed by atoms with Gasteiger partial charge in [0.05, 0.1) is 0 Å². The van der Waals surface area contributed by atoms with Gasteiger partial charge in [-0.05, 0) is 86.2 Å². The Morgan fingerprint density at radius 1 is 0.500 bits per heavy atom. The van der Waals surface area contributed by atoms with Crippen molar-refractivity contribution in [2.24, 2.45) is 11.8 Å². The van der Waals surface area contributed by atoms with Crippen molar-refractivity contribution < 1.29 is 0 Å². The summed E-state index contributed by atoms with van der Waals surface area (Å²) in [5.41, 5.74) is 3.26. The van der Waals surface area contributed by atoms with Crippen LogP contribution in [0.25, 0.3) is 0 Å². The number of unbranched alkanes of at least 4 members (excludes halogenated alkanes) is 6. The highest BCUT2D eigenvalue weighted by molar-refractivity contribution is 5.28. The van der Waals surface area contributed by atoms with E-state index >= 15 is 0 Å². The second-order valence-corrected chi connectivity index (χ2v) is 10.8. The molecule has 0 bridgehead atoms. The van der Waals surface area contributed by atoms with E-state index in [4.69, 9.17) is 0 Å². The number of hydrogen-bond acceptors (Lipinski definition) is 0. The number of rotatable bonds is 12. The maximum absolute atomic E-state index is 2.50. The van der Waals surface area contributed by atoms with Crippen molar-refractivity contribution in [2.75, 3.05) is 0 Å². The van der Waals surface area contributed by atoms with Gasteiger partial charge in [0, 0.05) is 0 Å². The fraction of sp³-hybridized carbons (Fsp3) is 0.800. The fourth-order valence-electron chi connectivity index (χ4n) is 6.32. The van der Waals surface area contributed by atoms with Crippen molar-refractivity contribution in [1.29, 1.82) is 0 Å². The minimum atomic E-state index is 0.838. The Labute approximate surface area is 188 Å². The van der Waals surface area contributed by atoms with Gasteiger partial charge in [-0.3, -0.25) is 0 Å². The van der Waals surface area contributed by atoms with Crippen molar-refractivity contribution in [2.45, 2.75) is 141 Å². The molecule has 0 spiro atoms. The smallest absolute Gasteiger partial charge is 0.0162 e. The molecule has 30 heavy (non-hydrogen) atoms. The molecule has 0 nitrogen and oxygen atoms in total. The Kier molecular flexibility index (Phi) is 10.8. The quantitative estimate of drug-likeness (QED) is 0.301. The summed E-state index contributed by atoms with van der Waals surface area (Å²) in [6.07, 6.45) is 26.1. The molecule has 2 aliphatic rings. The summed E-state index contributed by atoms with van der Waals surface area (Å²) >= 11 is 0. The maximum atomic E-state index is 2.50. The molecule has 1 aromatic carbocycles. The maximum Gasteiger partial charge on any atom is -0.0162 e. The summed E-state index contributed by atoms with van der Waals surface area (Å²) in [7, 11) is 0. The Morgan fingerprint density at radius 2 is 0.900 bits per heavy atom. The SMILES string of the molecule is CCCCCCCC[C@H]1CC[C@H](c2ccc([C@H]3CC[C@H](CCCC)CC3)cc2)CC1. The lowest BCUT2D eigenvalue weighted by Gasteiger charge is -2.30. The van der Waals surface area contributed by atoms with E-state index in [-0.39, 0.29) is 0 Å². The van der Waals surface area contributed by atoms with Gasteiger partial charge in [-0.2, -0.15) is 0 Å². The van der Waals surface area contributed by atoms with Gasteiger partial charge in [0.15, 0.2) is 0 Å². The van der Waals surface area contributed by atoms with Crippen LogP contribution in [-0.2, 0) is 0 Å². The molecule has 0 N–H and O–H groups in total. The minimum absolute atomic E-state index is 0.838. The molecule has 2 aliphatic carbocycles. The highest BCUT2D eigenvalue weighted by atomic mass is 14.3. The zero-order valence-corrected chi connectivity index (χ0v) is 20.3. The Bertz CT molecular complexity index is 540. The highest BCUT2D eigenvalue weighted by Gasteiger charge is 2.24. The molecular formula is C30H50. The summed E-state index contributed by atoms with van der Waals surface area (Å²) in [4.78, 5) is 0. The summed E-state index contributed by atoms with van der Waals surface area (Å²) in [5, 5.41) is 0. The van der Waals surface area contributed by atoms with E-state index < -0.39 is 0 Å². The molecule has 0 atom stereocenters. The Hall–Kier alpha value is -0.780. The van der Waals surface area contributed by atoms with Crippen LogP contribution >= 0.6 is 0 Å². The zero-order valence-electron chi connectivity index (χ0n) is 20.3. The predicted molar refractivity (Wildman–Crippen MR) is 133 cm³/mol. The van der Waals surface area contributed by atoms with Crippen LogP contribution in [0.4, 0.5) is 0 Å². The first-order chi connectivity index (χ1) is 14.8. The standard InChI is InChI=1S/C30H50/c1-3-5-7-8-9-10-12-26-15-19-28(20-16-26)30-23-21-29(22-24-30)27-17-13-25(14-18-27)11-6-4-2/h21-28H,3-20H2,1-2H3/t25-,26-,27-,28-. The highest BCUT2D eigenvalue weighted by Crippen LogP contribution is 2.40. The molecule has 2 fully saturated rings. The molecule has 0 saturated heterocycles. The second kappa shape index (κ2) is 13.6. The molecule has 0 aliphatic heterocycles. The molecular weight excluding hydrogens is 360 g/mol. The number of hydrogen-bond donors (Lipinski definition) is 0. The van der Waals surface area contributed by atoms with E-state index in [1.54, 1.807) is 11.1 Å². The Morgan fingerprint density at radius 3 is 1.37 bits per heavy atom. The third kappa shape index (κ3) is 7.72.